The molecule has 0 radical (unpaired) electrons. The fraction of sp³-hybridized carbons (Fsp3) is 0.333. The van der Waals surface area contributed by atoms with E-state index in [2.05, 4.69) is 82.8 Å². The molecule has 0 aliphatic rings. The second kappa shape index (κ2) is 8.23. The smallest absolute Gasteiger partial charge is 0.0323 e. The van der Waals surface area contributed by atoms with Crippen LogP contribution in [0.1, 0.15) is 36.9 Å². The van der Waals surface area contributed by atoms with E-state index in [-0.39, 0.29) is 0 Å². The molecule has 20 heavy (non-hydrogen) atoms. The highest BCUT2D eigenvalue weighted by molar-refractivity contribution is 9.10. The van der Waals surface area contributed by atoms with Gasteiger partial charge in [0.15, 0.2) is 0 Å². The Morgan fingerprint density at radius 2 is 1.85 bits per heavy atom. The van der Waals surface area contributed by atoms with Gasteiger partial charge in [-0.15, -0.1) is 0 Å². The fourth-order valence-corrected chi connectivity index (χ4v) is 2.80. The van der Waals surface area contributed by atoms with Crippen molar-refractivity contribution in [3.8, 4) is 0 Å². The van der Waals surface area contributed by atoms with E-state index in [4.69, 9.17) is 0 Å². The Labute approximate surface area is 130 Å². The largest absolute Gasteiger partial charge is 0.310 e. The van der Waals surface area contributed by atoms with Gasteiger partial charge in [0.2, 0.25) is 0 Å². The molecule has 1 atom stereocenters. The van der Waals surface area contributed by atoms with E-state index in [9.17, 15) is 0 Å². The minimum absolute atomic E-state index is 0.424. The van der Waals surface area contributed by atoms with Crippen molar-refractivity contribution < 1.29 is 0 Å². The molecule has 0 saturated heterocycles. The number of hydrogen-bond donors (Lipinski definition) is 1. The molecule has 0 aromatic heterocycles. The summed E-state index contributed by atoms with van der Waals surface area (Å²) >= 11 is 3.57. The van der Waals surface area contributed by atoms with Gasteiger partial charge in [0.1, 0.15) is 0 Å². The number of rotatable bonds is 7. The van der Waals surface area contributed by atoms with E-state index in [1.54, 1.807) is 0 Å². The second-order valence-corrected chi connectivity index (χ2v) is 6.00. The first kappa shape index (κ1) is 15.3. The summed E-state index contributed by atoms with van der Waals surface area (Å²) in [5.74, 6) is 0. The van der Waals surface area contributed by atoms with Crippen LogP contribution in [0.3, 0.4) is 0 Å². The summed E-state index contributed by atoms with van der Waals surface area (Å²) < 4.78 is 1.15. The first-order valence-electron chi connectivity index (χ1n) is 7.32. The zero-order valence-electron chi connectivity index (χ0n) is 12.0. The van der Waals surface area contributed by atoms with Gasteiger partial charge >= 0.3 is 0 Å². The molecule has 2 heteroatoms. The topological polar surface area (TPSA) is 12.0 Å². The lowest BCUT2D eigenvalue weighted by molar-refractivity contribution is 0.499. The lowest BCUT2D eigenvalue weighted by Crippen LogP contribution is -2.22. The highest BCUT2D eigenvalue weighted by atomic mass is 79.9. The summed E-state index contributed by atoms with van der Waals surface area (Å²) in [5.41, 5.74) is 2.77. The third-order valence-electron chi connectivity index (χ3n) is 3.46. The maximum atomic E-state index is 3.66. The summed E-state index contributed by atoms with van der Waals surface area (Å²) in [6, 6.07) is 19.8. The molecule has 0 heterocycles. The second-order valence-electron chi connectivity index (χ2n) is 5.09. The van der Waals surface area contributed by atoms with Gasteiger partial charge < -0.3 is 5.32 Å². The van der Waals surface area contributed by atoms with Gasteiger partial charge in [-0.25, -0.2) is 0 Å². The molecule has 106 valence electrons. The minimum Gasteiger partial charge on any atom is -0.310 e. The Bertz CT molecular complexity index is 510. The SMILES string of the molecule is CCCNC(CCc1ccccc1)c1cccc(Br)c1. The molecule has 1 N–H and O–H groups in total. The number of hydrogen-bond acceptors (Lipinski definition) is 1. The van der Waals surface area contributed by atoms with Crippen molar-refractivity contribution in [2.75, 3.05) is 6.54 Å². The number of halogens is 1. The number of nitrogens with one attached hydrogen (secondary N) is 1. The maximum Gasteiger partial charge on any atom is 0.0323 e. The molecule has 0 aliphatic heterocycles. The molecule has 1 unspecified atom stereocenters. The van der Waals surface area contributed by atoms with E-state index >= 15 is 0 Å². The zero-order valence-corrected chi connectivity index (χ0v) is 13.6. The van der Waals surface area contributed by atoms with E-state index < -0.39 is 0 Å². The Hall–Kier alpha value is -1.12. The summed E-state index contributed by atoms with van der Waals surface area (Å²) in [4.78, 5) is 0. The van der Waals surface area contributed by atoms with Crippen LogP contribution in [0.15, 0.2) is 59.1 Å². The fourth-order valence-electron chi connectivity index (χ4n) is 2.38. The van der Waals surface area contributed by atoms with Crippen molar-refractivity contribution >= 4 is 15.9 Å². The lowest BCUT2D eigenvalue weighted by atomic mass is 9.99. The Morgan fingerprint density at radius 1 is 1.05 bits per heavy atom. The van der Waals surface area contributed by atoms with Gasteiger partial charge in [-0.1, -0.05) is 65.3 Å². The third kappa shape index (κ3) is 4.77. The molecular weight excluding hydrogens is 310 g/mol. The monoisotopic (exact) mass is 331 g/mol. The average Bonchev–Trinajstić information content (AvgIpc) is 2.48. The van der Waals surface area contributed by atoms with Crippen LogP contribution in [0.5, 0.6) is 0 Å². The molecule has 0 aliphatic carbocycles. The molecule has 0 fully saturated rings. The van der Waals surface area contributed by atoms with Gasteiger partial charge in [-0.05, 0) is 49.1 Å². The Balaban J connectivity index is 2.03. The van der Waals surface area contributed by atoms with Gasteiger partial charge in [-0.2, -0.15) is 0 Å². The maximum absolute atomic E-state index is 3.66. The average molecular weight is 332 g/mol. The van der Waals surface area contributed by atoms with Crippen LogP contribution in [0, 0.1) is 0 Å². The summed E-state index contributed by atoms with van der Waals surface area (Å²) in [5, 5.41) is 3.66. The Kier molecular flexibility index (Phi) is 6.28. The number of aryl methyl sites for hydroxylation is 1. The highest BCUT2D eigenvalue weighted by Crippen LogP contribution is 2.22. The first-order chi connectivity index (χ1) is 9.79. The molecule has 2 rings (SSSR count). The van der Waals surface area contributed by atoms with Crippen molar-refractivity contribution in [2.45, 2.75) is 32.2 Å². The lowest BCUT2D eigenvalue weighted by Gasteiger charge is -2.19. The van der Waals surface area contributed by atoms with E-state index in [1.165, 1.54) is 11.1 Å². The number of benzene rings is 2. The third-order valence-corrected chi connectivity index (χ3v) is 3.95. The van der Waals surface area contributed by atoms with Crippen molar-refractivity contribution in [3.63, 3.8) is 0 Å². The molecule has 0 spiro atoms. The molecular formula is C18H22BrN. The normalized spacial score (nSPS) is 12.3. The van der Waals surface area contributed by atoms with Crippen LogP contribution in [0.25, 0.3) is 0 Å². The molecule has 2 aromatic carbocycles. The highest BCUT2D eigenvalue weighted by Gasteiger charge is 2.10. The van der Waals surface area contributed by atoms with E-state index in [0.717, 1.165) is 30.3 Å². The molecule has 2 aromatic rings. The predicted octanol–water partition coefficient (Wildman–Crippen LogP) is 5.12. The van der Waals surface area contributed by atoms with Crippen molar-refractivity contribution in [1.82, 2.24) is 5.32 Å². The molecule has 0 amide bonds. The quantitative estimate of drug-likeness (QED) is 0.742. The molecule has 0 bridgehead atoms. The molecule has 0 saturated carbocycles. The molecule has 1 nitrogen and oxygen atoms in total. The van der Waals surface area contributed by atoms with Crippen LogP contribution in [0.4, 0.5) is 0 Å². The van der Waals surface area contributed by atoms with E-state index in [1.807, 2.05) is 0 Å². The minimum atomic E-state index is 0.424. The predicted molar refractivity (Wildman–Crippen MR) is 89.9 cm³/mol. The van der Waals surface area contributed by atoms with Gasteiger partial charge in [0.25, 0.3) is 0 Å². The van der Waals surface area contributed by atoms with Gasteiger partial charge in [0.05, 0.1) is 0 Å². The van der Waals surface area contributed by atoms with Gasteiger partial charge in [0, 0.05) is 10.5 Å². The first-order valence-corrected chi connectivity index (χ1v) is 8.11. The van der Waals surface area contributed by atoms with Gasteiger partial charge in [-0.3, -0.25) is 0 Å². The summed E-state index contributed by atoms with van der Waals surface area (Å²) in [6.07, 6.45) is 3.39. The summed E-state index contributed by atoms with van der Waals surface area (Å²) in [7, 11) is 0. The van der Waals surface area contributed by atoms with Crippen LogP contribution in [-0.2, 0) is 6.42 Å². The van der Waals surface area contributed by atoms with Crippen molar-refractivity contribution in [3.05, 3.63) is 70.2 Å². The zero-order chi connectivity index (χ0) is 14.2. The van der Waals surface area contributed by atoms with Crippen LogP contribution >= 0.6 is 15.9 Å². The Morgan fingerprint density at radius 3 is 2.55 bits per heavy atom. The van der Waals surface area contributed by atoms with Crippen molar-refractivity contribution in [1.29, 1.82) is 0 Å². The van der Waals surface area contributed by atoms with Crippen LogP contribution < -0.4 is 5.32 Å². The standard InChI is InChI=1S/C18H22BrN/c1-2-13-20-18(16-9-6-10-17(19)14-16)12-11-15-7-4-3-5-8-15/h3-10,14,18,20H,2,11-13H2,1H3. The summed E-state index contributed by atoms with van der Waals surface area (Å²) in [6.45, 7) is 3.27. The van der Waals surface area contributed by atoms with Crippen molar-refractivity contribution in [2.24, 2.45) is 0 Å². The van der Waals surface area contributed by atoms with Crippen LogP contribution in [0.2, 0.25) is 0 Å². The van der Waals surface area contributed by atoms with Crippen LogP contribution in [-0.4, -0.2) is 6.54 Å². The van der Waals surface area contributed by atoms with E-state index in [0.29, 0.717) is 6.04 Å².